The number of aromatic nitrogens is 2. The van der Waals surface area contributed by atoms with E-state index in [0.717, 1.165) is 5.56 Å². The number of halogens is 1. The highest BCUT2D eigenvalue weighted by molar-refractivity contribution is 6.33. The fraction of sp³-hybridized carbons (Fsp3) is 0.217. The molecule has 0 atom stereocenters. The van der Waals surface area contributed by atoms with Gasteiger partial charge in [-0.2, -0.15) is 5.10 Å². The highest BCUT2D eigenvalue weighted by Crippen LogP contribution is 2.24. The maximum absolute atomic E-state index is 12.5. The Morgan fingerprint density at radius 3 is 2.38 bits per heavy atom. The molecule has 32 heavy (non-hydrogen) atoms. The van der Waals surface area contributed by atoms with Crippen molar-refractivity contribution in [2.45, 2.75) is 13.8 Å². The van der Waals surface area contributed by atoms with E-state index in [-0.39, 0.29) is 23.2 Å². The van der Waals surface area contributed by atoms with E-state index in [1.807, 2.05) is 37.3 Å². The Balaban J connectivity index is 1.56. The molecule has 0 fully saturated rings. The number of nitrogens with zero attached hydrogens (tertiary/aromatic N) is 3. The minimum absolute atomic E-state index is 0.0862. The maximum Gasteiger partial charge on any atom is 0.343 e. The van der Waals surface area contributed by atoms with E-state index in [4.69, 9.17) is 16.3 Å². The molecule has 0 aliphatic heterocycles. The second-order valence-corrected chi connectivity index (χ2v) is 7.60. The average molecular weight is 455 g/mol. The van der Waals surface area contributed by atoms with E-state index in [0.29, 0.717) is 17.1 Å². The van der Waals surface area contributed by atoms with Crippen molar-refractivity contribution in [3.8, 4) is 5.69 Å². The summed E-state index contributed by atoms with van der Waals surface area (Å²) in [5, 5.41) is 7.09. The monoisotopic (exact) mass is 454 g/mol. The third-order valence-electron chi connectivity index (χ3n) is 4.68. The van der Waals surface area contributed by atoms with Gasteiger partial charge in [0.1, 0.15) is 10.7 Å². The molecule has 0 spiro atoms. The van der Waals surface area contributed by atoms with Crippen LogP contribution >= 0.6 is 11.6 Å². The van der Waals surface area contributed by atoms with E-state index in [9.17, 15) is 14.4 Å². The maximum atomic E-state index is 12.5. The van der Waals surface area contributed by atoms with Gasteiger partial charge in [-0.25, -0.2) is 9.48 Å². The predicted molar refractivity (Wildman–Crippen MR) is 121 cm³/mol. The van der Waals surface area contributed by atoms with E-state index in [1.54, 1.807) is 31.2 Å². The van der Waals surface area contributed by atoms with Crippen molar-refractivity contribution in [2.75, 3.05) is 25.5 Å². The molecule has 0 bridgehead atoms. The molecule has 1 aromatic heterocycles. The highest BCUT2D eigenvalue weighted by Gasteiger charge is 2.24. The number of hydrogen-bond donors (Lipinski definition) is 1. The molecular weight excluding hydrogens is 432 g/mol. The van der Waals surface area contributed by atoms with E-state index in [1.165, 1.54) is 16.6 Å². The Morgan fingerprint density at radius 1 is 1.06 bits per heavy atom. The third kappa shape index (κ3) is 5.53. The molecule has 1 heterocycles. The fourth-order valence-corrected chi connectivity index (χ4v) is 3.27. The number of para-hydroxylation sites is 1. The number of rotatable bonds is 7. The van der Waals surface area contributed by atoms with E-state index >= 15 is 0 Å². The van der Waals surface area contributed by atoms with Crippen LogP contribution < -0.4 is 5.32 Å². The molecule has 0 saturated heterocycles. The van der Waals surface area contributed by atoms with Gasteiger partial charge in [0.05, 0.1) is 17.9 Å². The predicted octanol–water partition coefficient (Wildman–Crippen LogP) is 3.40. The molecule has 166 valence electrons. The summed E-state index contributed by atoms with van der Waals surface area (Å²) in [6.07, 6.45) is 0. The Bertz CT molecular complexity index is 1130. The lowest BCUT2D eigenvalue weighted by molar-refractivity contribution is -0.136. The number of likely N-dealkylation sites (N-methyl/N-ethyl adjacent to an activating group) is 1. The highest BCUT2D eigenvalue weighted by atomic mass is 35.5. The van der Waals surface area contributed by atoms with Crippen LogP contribution in [0, 0.1) is 13.8 Å². The second-order valence-electron chi connectivity index (χ2n) is 7.24. The number of aryl methyl sites for hydroxylation is 2. The van der Waals surface area contributed by atoms with Crippen LogP contribution in [-0.2, 0) is 14.3 Å². The largest absolute Gasteiger partial charge is 0.452 e. The minimum Gasteiger partial charge on any atom is -0.452 e. The van der Waals surface area contributed by atoms with Gasteiger partial charge in [-0.15, -0.1) is 0 Å². The first-order valence-electron chi connectivity index (χ1n) is 9.84. The van der Waals surface area contributed by atoms with Crippen LogP contribution in [0.15, 0.2) is 54.6 Å². The van der Waals surface area contributed by atoms with Gasteiger partial charge in [0.15, 0.2) is 6.61 Å². The number of hydrogen-bond acceptors (Lipinski definition) is 5. The molecule has 3 aromatic rings. The molecule has 1 N–H and O–H groups in total. The first-order valence-corrected chi connectivity index (χ1v) is 10.2. The summed E-state index contributed by atoms with van der Waals surface area (Å²) in [6.45, 7) is 2.86. The van der Waals surface area contributed by atoms with Crippen LogP contribution in [0.2, 0.25) is 5.15 Å². The van der Waals surface area contributed by atoms with Crippen LogP contribution in [-0.4, -0.2) is 52.7 Å². The standard InChI is InChI=1S/C23H23ClN4O4/c1-15-9-11-17(12-10-15)25-19(29)13-27(3)20(30)14-32-23(31)21-16(2)26-28(22(21)24)18-7-5-4-6-8-18/h4-12H,13-14H2,1-3H3,(H,25,29). The lowest BCUT2D eigenvalue weighted by Crippen LogP contribution is -2.37. The molecule has 0 aliphatic carbocycles. The zero-order valence-electron chi connectivity index (χ0n) is 18.0. The van der Waals surface area contributed by atoms with E-state index in [2.05, 4.69) is 10.4 Å². The number of anilines is 1. The topological polar surface area (TPSA) is 93.5 Å². The molecule has 0 radical (unpaired) electrons. The molecule has 2 amide bonds. The SMILES string of the molecule is Cc1ccc(NC(=O)CN(C)C(=O)COC(=O)c2c(C)nn(-c3ccccc3)c2Cl)cc1. The van der Waals surface area contributed by atoms with Gasteiger partial charge in [0.25, 0.3) is 5.91 Å². The van der Waals surface area contributed by atoms with Crippen LogP contribution in [0.1, 0.15) is 21.6 Å². The lowest BCUT2D eigenvalue weighted by atomic mass is 10.2. The van der Waals surface area contributed by atoms with Gasteiger partial charge in [0.2, 0.25) is 5.91 Å². The summed E-state index contributed by atoms with van der Waals surface area (Å²) in [5.41, 5.74) is 2.86. The van der Waals surface area contributed by atoms with Crippen molar-refractivity contribution >= 4 is 35.1 Å². The zero-order chi connectivity index (χ0) is 23.3. The smallest absolute Gasteiger partial charge is 0.343 e. The van der Waals surface area contributed by atoms with Gasteiger partial charge in [0, 0.05) is 12.7 Å². The number of carbonyl (C=O) groups excluding carboxylic acids is 3. The fourth-order valence-electron chi connectivity index (χ4n) is 2.92. The van der Waals surface area contributed by atoms with E-state index < -0.39 is 18.5 Å². The molecule has 0 saturated carbocycles. The molecule has 0 unspecified atom stereocenters. The third-order valence-corrected chi connectivity index (χ3v) is 5.03. The van der Waals surface area contributed by atoms with Gasteiger partial charge in [-0.05, 0) is 38.1 Å². The van der Waals surface area contributed by atoms with Gasteiger partial charge < -0.3 is 15.0 Å². The van der Waals surface area contributed by atoms with Crippen molar-refractivity contribution in [3.63, 3.8) is 0 Å². The first kappa shape index (κ1) is 23.0. The van der Waals surface area contributed by atoms with Crippen molar-refractivity contribution in [3.05, 3.63) is 76.6 Å². The molecule has 8 nitrogen and oxygen atoms in total. The zero-order valence-corrected chi connectivity index (χ0v) is 18.7. The lowest BCUT2D eigenvalue weighted by Gasteiger charge is -2.17. The Morgan fingerprint density at radius 2 is 1.72 bits per heavy atom. The summed E-state index contributed by atoms with van der Waals surface area (Å²) in [5.74, 6) is -1.65. The van der Waals surface area contributed by atoms with Crippen LogP contribution in [0.25, 0.3) is 5.69 Å². The van der Waals surface area contributed by atoms with Crippen LogP contribution in [0.5, 0.6) is 0 Å². The summed E-state index contributed by atoms with van der Waals surface area (Å²) < 4.78 is 6.56. The molecule has 0 aliphatic rings. The summed E-state index contributed by atoms with van der Waals surface area (Å²) in [4.78, 5) is 38.2. The van der Waals surface area contributed by atoms with Crippen molar-refractivity contribution < 1.29 is 19.1 Å². The Kier molecular flexibility index (Phi) is 7.27. The molecular formula is C23H23ClN4O4. The summed E-state index contributed by atoms with van der Waals surface area (Å²) >= 11 is 6.34. The number of ether oxygens (including phenoxy) is 1. The summed E-state index contributed by atoms with van der Waals surface area (Å²) in [7, 11) is 1.45. The minimum atomic E-state index is -0.763. The van der Waals surface area contributed by atoms with Crippen molar-refractivity contribution in [2.24, 2.45) is 0 Å². The Labute approximate surface area is 190 Å². The number of carbonyl (C=O) groups is 3. The normalized spacial score (nSPS) is 10.5. The molecule has 9 heteroatoms. The van der Waals surface area contributed by atoms with Crippen molar-refractivity contribution in [1.82, 2.24) is 14.7 Å². The first-order chi connectivity index (χ1) is 15.3. The quantitative estimate of drug-likeness (QED) is 0.552. The Hall–Kier alpha value is -3.65. The van der Waals surface area contributed by atoms with Crippen molar-refractivity contribution in [1.29, 1.82) is 0 Å². The molecule has 2 aromatic carbocycles. The number of amides is 2. The van der Waals surface area contributed by atoms with Gasteiger partial charge in [-0.1, -0.05) is 47.5 Å². The number of esters is 1. The average Bonchev–Trinajstić information content (AvgIpc) is 3.07. The second kappa shape index (κ2) is 10.1. The van der Waals surface area contributed by atoms with Gasteiger partial charge in [-0.3, -0.25) is 9.59 Å². The number of nitrogens with one attached hydrogen (secondary N) is 1. The number of benzene rings is 2. The summed E-state index contributed by atoms with van der Waals surface area (Å²) in [6, 6.07) is 16.4. The molecule has 3 rings (SSSR count). The van der Waals surface area contributed by atoms with Gasteiger partial charge >= 0.3 is 5.97 Å². The van der Waals surface area contributed by atoms with Crippen LogP contribution in [0.3, 0.4) is 0 Å². The van der Waals surface area contributed by atoms with Crippen LogP contribution in [0.4, 0.5) is 5.69 Å².